The smallest absolute Gasteiger partial charge is 0.295 e. The van der Waals surface area contributed by atoms with Crippen LogP contribution in [0.3, 0.4) is 0 Å². The zero-order chi connectivity index (χ0) is 27.8. The second kappa shape index (κ2) is 13.0. The molecule has 1 atom stereocenters. The molecule has 1 fully saturated rings. The van der Waals surface area contributed by atoms with Gasteiger partial charge in [-0.3, -0.25) is 14.6 Å². The molecule has 1 aromatic heterocycles. The van der Waals surface area contributed by atoms with Crippen LogP contribution in [-0.4, -0.2) is 47.0 Å². The molecule has 204 valence electrons. The van der Waals surface area contributed by atoms with Crippen molar-refractivity contribution in [3.63, 3.8) is 0 Å². The summed E-state index contributed by atoms with van der Waals surface area (Å²) >= 11 is 0. The van der Waals surface area contributed by atoms with Gasteiger partial charge >= 0.3 is 0 Å². The normalized spacial score (nSPS) is 16.4. The number of carbonyl (C=O) groups excluding carboxylic acids is 2. The number of pyridine rings is 1. The zero-order valence-electron chi connectivity index (χ0n) is 22.6. The van der Waals surface area contributed by atoms with Crippen molar-refractivity contribution >= 4 is 17.4 Å². The standard InChI is InChI=1S/C31H34N2O6/c1-4-6-7-17-39-25-15-12-23(18-26(25)38-5-2)28-27(29(34)22-10-13-24(37-3)14-11-22)30(35)31(36)33(28)20-21-9-8-16-32-19-21/h8-16,18-19,28,34H,4-7,17,20H2,1-3H3. The van der Waals surface area contributed by atoms with Gasteiger partial charge < -0.3 is 24.2 Å². The third-order valence-corrected chi connectivity index (χ3v) is 6.57. The number of unbranched alkanes of at least 4 members (excludes halogenated alkanes) is 2. The van der Waals surface area contributed by atoms with Crippen LogP contribution in [0, 0.1) is 0 Å². The highest BCUT2D eigenvalue weighted by molar-refractivity contribution is 6.46. The third kappa shape index (κ3) is 6.22. The molecule has 0 spiro atoms. The van der Waals surface area contributed by atoms with E-state index in [-0.39, 0.29) is 17.9 Å². The first-order chi connectivity index (χ1) is 19.0. The molecule has 0 radical (unpaired) electrons. The molecule has 0 saturated carbocycles. The molecule has 8 nitrogen and oxygen atoms in total. The molecule has 1 saturated heterocycles. The van der Waals surface area contributed by atoms with E-state index < -0.39 is 17.7 Å². The lowest BCUT2D eigenvalue weighted by Gasteiger charge is -2.26. The number of amides is 1. The molecule has 3 aromatic rings. The maximum atomic E-state index is 13.4. The summed E-state index contributed by atoms with van der Waals surface area (Å²) in [6.07, 6.45) is 6.38. The third-order valence-electron chi connectivity index (χ3n) is 6.57. The van der Waals surface area contributed by atoms with Gasteiger partial charge in [0.1, 0.15) is 11.5 Å². The van der Waals surface area contributed by atoms with Crippen LogP contribution in [0.15, 0.2) is 72.6 Å². The maximum absolute atomic E-state index is 13.4. The van der Waals surface area contributed by atoms with Crippen molar-refractivity contribution in [2.24, 2.45) is 0 Å². The largest absolute Gasteiger partial charge is 0.507 e. The molecule has 1 unspecified atom stereocenters. The molecule has 8 heteroatoms. The number of ketones is 1. The lowest BCUT2D eigenvalue weighted by atomic mass is 9.94. The fraction of sp³-hybridized carbons (Fsp3) is 0.323. The van der Waals surface area contributed by atoms with Gasteiger partial charge in [-0.15, -0.1) is 0 Å². The number of likely N-dealkylation sites (tertiary alicyclic amines) is 1. The molecular formula is C31H34N2O6. The summed E-state index contributed by atoms with van der Waals surface area (Å²) in [6.45, 7) is 5.13. The monoisotopic (exact) mass is 530 g/mol. The van der Waals surface area contributed by atoms with Crippen molar-refractivity contribution in [1.82, 2.24) is 9.88 Å². The van der Waals surface area contributed by atoms with Crippen LogP contribution in [0.5, 0.6) is 17.2 Å². The number of Topliss-reactive ketones (excluding diaryl/α,β-unsaturated/α-hetero) is 1. The summed E-state index contributed by atoms with van der Waals surface area (Å²) in [5, 5.41) is 11.4. The zero-order valence-corrected chi connectivity index (χ0v) is 22.6. The molecule has 1 aliphatic rings. The van der Waals surface area contributed by atoms with E-state index in [4.69, 9.17) is 14.2 Å². The number of benzene rings is 2. The highest BCUT2D eigenvalue weighted by Gasteiger charge is 2.46. The number of aromatic nitrogens is 1. The van der Waals surface area contributed by atoms with Gasteiger partial charge in [0.15, 0.2) is 11.5 Å². The first-order valence-electron chi connectivity index (χ1n) is 13.2. The van der Waals surface area contributed by atoms with Gasteiger partial charge in [-0.2, -0.15) is 0 Å². The Bertz CT molecular complexity index is 1320. The minimum atomic E-state index is -0.847. The lowest BCUT2D eigenvalue weighted by molar-refractivity contribution is -0.140. The van der Waals surface area contributed by atoms with Gasteiger partial charge in [0.2, 0.25) is 0 Å². The number of hydrogen-bond acceptors (Lipinski definition) is 7. The highest BCUT2D eigenvalue weighted by Crippen LogP contribution is 2.43. The van der Waals surface area contributed by atoms with Crippen LogP contribution >= 0.6 is 0 Å². The van der Waals surface area contributed by atoms with Crippen molar-refractivity contribution in [1.29, 1.82) is 0 Å². The van der Waals surface area contributed by atoms with E-state index >= 15 is 0 Å². The minimum absolute atomic E-state index is 0.00752. The Kier molecular flexibility index (Phi) is 9.20. The molecular weight excluding hydrogens is 496 g/mol. The van der Waals surface area contributed by atoms with E-state index in [0.717, 1.165) is 24.8 Å². The van der Waals surface area contributed by atoms with Crippen molar-refractivity contribution in [2.75, 3.05) is 20.3 Å². The molecule has 2 aromatic carbocycles. The lowest BCUT2D eigenvalue weighted by Crippen LogP contribution is -2.29. The Hall–Kier alpha value is -4.33. The van der Waals surface area contributed by atoms with Gasteiger partial charge in [-0.25, -0.2) is 0 Å². The summed E-state index contributed by atoms with van der Waals surface area (Å²) in [7, 11) is 1.55. The number of methoxy groups -OCH3 is 1. The minimum Gasteiger partial charge on any atom is -0.507 e. The second-order valence-corrected chi connectivity index (χ2v) is 9.21. The molecule has 0 bridgehead atoms. The second-order valence-electron chi connectivity index (χ2n) is 9.21. The average Bonchev–Trinajstić information content (AvgIpc) is 3.21. The van der Waals surface area contributed by atoms with Crippen LogP contribution < -0.4 is 14.2 Å². The number of carbonyl (C=O) groups is 2. The Morgan fingerprint density at radius 1 is 1.00 bits per heavy atom. The molecule has 1 amide bonds. The van der Waals surface area contributed by atoms with E-state index in [2.05, 4.69) is 11.9 Å². The van der Waals surface area contributed by atoms with Gasteiger partial charge in [0.05, 0.1) is 31.9 Å². The molecule has 1 aliphatic heterocycles. The summed E-state index contributed by atoms with van der Waals surface area (Å²) in [5.74, 6) is 0.00867. The van der Waals surface area contributed by atoms with Crippen molar-refractivity contribution in [2.45, 2.75) is 45.7 Å². The summed E-state index contributed by atoms with van der Waals surface area (Å²) in [5.41, 5.74) is 1.79. The summed E-state index contributed by atoms with van der Waals surface area (Å²) in [4.78, 5) is 32.4. The average molecular weight is 531 g/mol. The van der Waals surface area contributed by atoms with E-state index in [1.807, 2.05) is 19.1 Å². The molecule has 39 heavy (non-hydrogen) atoms. The number of rotatable bonds is 12. The van der Waals surface area contributed by atoms with E-state index in [9.17, 15) is 14.7 Å². The molecule has 2 heterocycles. The summed E-state index contributed by atoms with van der Waals surface area (Å²) in [6, 6.07) is 14.8. The fourth-order valence-electron chi connectivity index (χ4n) is 4.60. The van der Waals surface area contributed by atoms with E-state index in [0.29, 0.717) is 41.6 Å². The quantitative estimate of drug-likeness (QED) is 0.139. The summed E-state index contributed by atoms with van der Waals surface area (Å²) < 4.78 is 17.1. The van der Waals surface area contributed by atoms with Crippen LogP contribution in [0.25, 0.3) is 5.76 Å². The fourth-order valence-corrected chi connectivity index (χ4v) is 4.60. The van der Waals surface area contributed by atoms with Crippen LogP contribution in [0.4, 0.5) is 0 Å². The van der Waals surface area contributed by atoms with E-state index in [1.54, 1.807) is 62.0 Å². The number of aliphatic hydroxyl groups excluding tert-OH is 1. The SMILES string of the molecule is CCCCCOc1ccc(C2C(=C(O)c3ccc(OC)cc3)C(=O)C(=O)N2Cc2cccnc2)cc1OCC. The Morgan fingerprint density at radius 3 is 2.46 bits per heavy atom. The maximum Gasteiger partial charge on any atom is 0.295 e. The van der Waals surface area contributed by atoms with Crippen LogP contribution in [-0.2, 0) is 16.1 Å². The van der Waals surface area contributed by atoms with Crippen LogP contribution in [0.1, 0.15) is 55.8 Å². The number of aliphatic hydroxyl groups is 1. The number of hydrogen-bond donors (Lipinski definition) is 1. The Labute approximate surface area is 228 Å². The van der Waals surface area contributed by atoms with Gasteiger partial charge in [0.25, 0.3) is 11.7 Å². The van der Waals surface area contributed by atoms with Crippen molar-refractivity contribution < 1.29 is 28.9 Å². The van der Waals surface area contributed by atoms with Gasteiger partial charge in [0, 0.05) is 24.5 Å². The molecule has 1 N–H and O–H groups in total. The first kappa shape index (κ1) is 27.7. The highest BCUT2D eigenvalue weighted by atomic mass is 16.5. The van der Waals surface area contributed by atoms with Crippen molar-refractivity contribution in [3.05, 3.63) is 89.3 Å². The van der Waals surface area contributed by atoms with Crippen LogP contribution in [0.2, 0.25) is 0 Å². The van der Waals surface area contributed by atoms with Crippen molar-refractivity contribution in [3.8, 4) is 17.2 Å². The number of nitrogens with zero attached hydrogens (tertiary/aromatic N) is 2. The predicted octanol–water partition coefficient (Wildman–Crippen LogP) is 5.68. The van der Waals surface area contributed by atoms with Gasteiger partial charge in [-0.1, -0.05) is 31.9 Å². The Morgan fingerprint density at radius 2 is 1.79 bits per heavy atom. The number of ether oxygens (including phenoxy) is 3. The molecule has 4 rings (SSSR count). The Balaban J connectivity index is 1.80. The molecule has 0 aliphatic carbocycles. The predicted molar refractivity (Wildman–Crippen MR) is 148 cm³/mol. The first-order valence-corrected chi connectivity index (χ1v) is 13.2. The van der Waals surface area contributed by atoms with Gasteiger partial charge in [-0.05, 0) is 66.9 Å². The topological polar surface area (TPSA) is 98.2 Å². The van der Waals surface area contributed by atoms with E-state index in [1.165, 1.54) is 4.90 Å².